The molecule has 1 aromatic rings. The van der Waals surface area contributed by atoms with E-state index in [1.165, 1.54) is 0 Å². The van der Waals surface area contributed by atoms with E-state index in [2.05, 4.69) is 26.1 Å². The summed E-state index contributed by atoms with van der Waals surface area (Å²) in [7, 11) is 1.63. The van der Waals surface area contributed by atoms with Crippen LogP contribution in [0.4, 0.5) is 0 Å². The number of hydrogen-bond acceptors (Lipinski definition) is 3. The molecule has 0 saturated carbocycles. The second kappa shape index (κ2) is 8.10. The Hall–Kier alpha value is -1.66. The predicted molar refractivity (Wildman–Crippen MR) is 90.3 cm³/mol. The highest BCUT2D eigenvalue weighted by molar-refractivity contribution is 9.10. The van der Waals surface area contributed by atoms with Gasteiger partial charge in [0.05, 0.1) is 6.54 Å². The van der Waals surface area contributed by atoms with Crippen LogP contribution in [0.3, 0.4) is 0 Å². The van der Waals surface area contributed by atoms with Crippen molar-refractivity contribution in [1.29, 1.82) is 0 Å². The molecule has 1 fully saturated rings. The van der Waals surface area contributed by atoms with Crippen molar-refractivity contribution in [2.75, 3.05) is 39.8 Å². The number of rotatable bonds is 4. The third kappa shape index (κ3) is 4.96. The summed E-state index contributed by atoms with van der Waals surface area (Å²) in [6.45, 7) is 3.15. The molecular formula is C16H20BrN3O2. The van der Waals surface area contributed by atoms with E-state index in [-0.39, 0.29) is 11.8 Å². The Morgan fingerprint density at radius 2 is 2.00 bits per heavy atom. The highest BCUT2D eigenvalue weighted by atomic mass is 79.9. The molecule has 0 atom stereocenters. The summed E-state index contributed by atoms with van der Waals surface area (Å²) in [4.78, 5) is 27.4. The molecule has 2 rings (SSSR count). The number of piperazine rings is 1. The fourth-order valence-corrected chi connectivity index (χ4v) is 2.71. The molecule has 118 valence electrons. The molecule has 1 aliphatic rings. The van der Waals surface area contributed by atoms with Crippen LogP contribution in [0.15, 0.2) is 34.8 Å². The van der Waals surface area contributed by atoms with Crippen molar-refractivity contribution in [3.05, 3.63) is 40.4 Å². The van der Waals surface area contributed by atoms with Crippen molar-refractivity contribution in [1.82, 2.24) is 15.1 Å². The number of nitrogens with one attached hydrogen (secondary N) is 1. The van der Waals surface area contributed by atoms with Gasteiger partial charge >= 0.3 is 0 Å². The van der Waals surface area contributed by atoms with E-state index < -0.39 is 0 Å². The molecule has 0 unspecified atom stereocenters. The zero-order valence-corrected chi connectivity index (χ0v) is 14.2. The summed E-state index contributed by atoms with van der Waals surface area (Å²) in [5.74, 6) is 0.0221. The van der Waals surface area contributed by atoms with Gasteiger partial charge < -0.3 is 10.2 Å². The van der Waals surface area contributed by atoms with Gasteiger partial charge in [-0.1, -0.05) is 28.1 Å². The lowest BCUT2D eigenvalue weighted by Gasteiger charge is -2.33. The zero-order valence-electron chi connectivity index (χ0n) is 12.6. The van der Waals surface area contributed by atoms with Crippen molar-refractivity contribution in [3.8, 4) is 0 Å². The number of nitrogens with zero attached hydrogens (tertiary/aromatic N) is 2. The van der Waals surface area contributed by atoms with Gasteiger partial charge in [0.2, 0.25) is 11.8 Å². The van der Waals surface area contributed by atoms with E-state index in [0.717, 1.165) is 23.1 Å². The number of carbonyl (C=O) groups excluding carboxylic acids is 2. The van der Waals surface area contributed by atoms with Gasteiger partial charge in [-0.2, -0.15) is 0 Å². The van der Waals surface area contributed by atoms with Crippen molar-refractivity contribution in [3.63, 3.8) is 0 Å². The van der Waals surface area contributed by atoms with Crippen LogP contribution in [0.5, 0.6) is 0 Å². The highest BCUT2D eigenvalue weighted by Crippen LogP contribution is 2.13. The quantitative estimate of drug-likeness (QED) is 0.819. The Morgan fingerprint density at radius 3 is 2.64 bits per heavy atom. The highest BCUT2D eigenvalue weighted by Gasteiger charge is 2.20. The Labute approximate surface area is 139 Å². The van der Waals surface area contributed by atoms with Gasteiger partial charge in [0.25, 0.3) is 0 Å². The van der Waals surface area contributed by atoms with Crippen LogP contribution in [-0.2, 0) is 9.59 Å². The Bertz CT molecular complexity index is 566. The fourth-order valence-electron chi connectivity index (χ4n) is 2.29. The standard InChI is InChI=1S/C16H20BrN3O2/c1-18-15(21)12-19-7-9-20(10-8-19)16(22)6-5-13-3-2-4-14(17)11-13/h2-6,11H,7-10,12H2,1H3,(H,18,21). The maximum atomic E-state index is 12.2. The van der Waals surface area contributed by atoms with E-state index in [9.17, 15) is 9.59 Å². The van der Waals surface area contributed by atoms with Crippen LogP contribution >= 0.6 is 15.9 Å². The molecule has 1 aromatic carbocycles. The summed E-state index contributed by atoms with van der Waals surface area (Å²) in [5, 5.41) is 2.61. The molecule has 1 heterocycles. The first-order chi connectivity index (χ1) is 10.6. The first-order valence-corrected chi connectivity index (χ1v) is 8.03. The summed E-state index contributed by atoms with van der Waals surface area (Å²) in [6, 6.07) is 7.80. The molecule has 1 N–H and O–H groups in total. The van der Waals surface area contributed by atoms with Crippen LogP contribution < -0.4 is 5.32 Å². The van der Waals surface area contributed by atoms with Crippen LogP contribution in [-0.4, -0.2) is 61.4 Å². The maximum Gasteiger partial charge on any atom is 0.246 e. The first kappa shape index (κ1) is 16.7. The lowest BCUT2D eigenvalue weighted by Crippen LogP contribution is -2.50. The third-order valence-electron chi connectivity index (χ3n) is 3.60. The molecule has 1 saturated heterocycles. The van der Waals surface area contributed by atoms with Crippen molar-refractivity contribution in [2.24, 2.45) is 0 Å². The second-order valence-electron chi connectivity index (χ2n) is 5.16. The second-order valence-corrected chi connectivity index (χ2v) is 6.08. The SMILES string of the molecule is CNC(=O)CN1CCN(C(=O)C=Cc2cccc(Br)c2)CC1. The van der Waals surface area contributed by atoms with Gasteiger partial charge in [-0.05, 0) is 23.8 Å². The van der Waals surface area contributed by atoms with Crippen LogP contribution in [0.25, 0.3) is 6.08 Å². The molecule has 1 aliphatic heterocycles. The first-order valence-electron chi connectivity index (χ1n) is 7.24. The lowest BCUT2D eigenvalue weighted by molar-refractivity contribution is -0.128. The molecular weight excluding hydrogens is 346 g/mol. The minimum absolute atomic E-state index is 0.00864. The Balaban J connectivity index is 1.83. The van der Waals surface area contributed by atoms with E-state index in [1.54, 1.807) is 13.1 Å². The molecule has 0 radical (unpaired) electrons. The van der Waals surface area contributed by atoms with Crippen molar-refractivity contribution in [2.45, 2.75) is 0 Å². The van der Waals surface area contributed by atoms with E-state index in [4.69, 9.17) is 0 Å². The van der Waals surface area contributed by atoms with Gasteiger partial charge in [-0.15, -0.1) is 0 Å². The zero-order chi connectivity index (χ0) is 15.9. The number of benzene rings is 1. The van der Waals surface area contributed by atoms with Gasteiger partial charge in [-0.3, -0.25) is 14.5 Å². The molecule has 0 spiro atoms. The monoisotopic (exact) mass is 365 g/mol. The number of hydrogen-bond donors (Lipinski definition) is 1. The summed E-state index contributed by atoms with van der Waals surface area (Å²) in [5.41, 5.74) is 0.987. The number of halogens is 1. The minimum atomic E-state index is 0.00864. The Morgan fingerprint density at radius 1 is 1.27 bits per heavy atom. The molecule has 6 heteroatoms. The van der Waals surface area contributed by atoms with Gasteiger partial charge in [0.15, 0.2) is 0 Å². The van der Waals surface area contributed by atoms with E-state index in [0.29, 0.717) is 19.6 Å². The third-order valence-corrected chi connectivity index (χ3v) is 4.09. The summed E-state index contributed by atoms with van der Waals surface area (Å²) < 4.78 is 0.991. The molecule has 5 nitrogen and oxygen atoms in total. The predicted octanol–water partition coefficient (Wildman–Crippen LogP) is 1.35. The summed E-state index contributed by atoms with van der Waals surface area (Å²) >= 11 is 3.41. The number of amides is 2. The molecule has 0 aromatic heterocycles. The van der Waals surface area contributed by atoms with Gasteiger partial charge in [0, 0.05) is 43.8 Å². The normalized spacial score (nSPS) is 16.0. The lowest BCUT2D eigenvalue weighted by atomic mass is 10.2. The summed E-state index contributed by atoms with van der Waals surface area (Å²) in [6.07, 6.45) is 3.43. The number of likely N-dealkylation sites (N-methyl/N-ethyl adjacent to an activating group) is 1. The fraction of sp³-hybridized carbons (Fsp3) is 0.375. The van der Waals surface area contributed by atoms with Crippen molar-refractivity contribution < 1.29 is 9.59 Å². The minimum Gasteiger partial charge on any atom is -0.358 e. The largest absolute Gasteiger partial charge is 0.358 e. The smallest absolute Gasteiger partial charge is 0.246 e. The molecule has 2 amide bonds. The van der Waals surface area contributed by atoms with E-state index >= 15 is 0 Å². The van der Waals surface area contributed by atoms with Crippen LogP contribution in [0.2, 0.25) is 0 Å². The van der Waals surface area contributed by atoms with Crippen LogP contribution in [0, 0.1) is 0 Å². The average molecular weight is 366 g/mol. The van der Waals surface area contributed by atoms with Gasteiger partial charge in [0.1, 0.15) is 0 Å². The molecule has 0 aliphatic carbocycles. The van der Waals surface area contributed by atoms with Crippen LogP contribution in [0.1, 0.15) is 5.56 Å². The average Bonchev–Trinajstić information content (AvgIpc) is 2.53. The Kier molecular flexibility index (Phi) is 6.15. The maximum absolute atomic E-state index is 12.2. The molecule has 22 heavy (non-hydrogen) atoms. The number of carbonyl (C=O) groups is 2. The molecule has 0 bridgehead atoms. The van der Waals surface area contributed by atoms with Gasteiger partial charge in [-0.25, -0.2) is 0 Å². The topological polar surface area (TPSA) is 52.7 Å². The van der Waals surface area contributed by atoms with Crippen molar-refractivity contribution >= 4 is 33.8 Å². The van der Waals surface area contributed by atoms with E-state index in [1.807, 2.05) is 35.2 Å².